The monoisotopic (exact) mass is 438 g/mol. The van der Waals surface area contributed by atoms with E-state index in [4.69, 9.17) is 4.74 Å². The van der Waals surface area contributed by atoms with Crippen molar-refractivity contribution in [2.75, 3.05) is 7.11 Å². The Morgan fingerprint density at radius 1 is 0.818 bits per heavy atom. The lowest BCUT2D eigenvalue weighted by Crippen LogP contribution is -2.31. The minimum atomic E-state index is 0.0376. The molecular formula is C29H30N2O2. The smallest absolute Gasteiger partial charge is 0.254 e. The minimum absolute atomic E-state index is 0.0376. The van der Waals surface area contributed by atoms with E-state index in [0.717, 1.165) is 35.5 Å². The summed E-state index contributed by atoms with van der Waals surface area (Å²) in [5, 5.41) is 0. The van der Waals surface area contributed by atoms with Crippen LogP contribution in [0.2, 0.25) is 0 Å². The molecule has 0 aliphatic rings. The fourth-order valence-electron chi connectivity index (χ4n) is 3.98. The van der Waals surface area contributed by atoms with Gasteiger partial charge in [0, 0.05) is 30.5 Å². The first-order valence-corrected chi connectivity index (χ1v) is 11.4. The highest BCUT2D eigenvalue weighted by atomic mass is 16.5. The summed E-state index contributed by atoms with van der Waals surface area (Å²) < 4.78 is 7.56. The predicted molar refractivity (Wildman–Crippen MR) is 132 cm³/mol. The van der Waals surface area contributed by atoms with Crippen molar-refractivity contribution in [2.45, 2.75) is 33.0 Å². The topological polar surface area (TPSA) is 34.5 Å². The lowest BCUT2D eigenvalue weighted by atomic mass is 10.1. The molecule has 0 bridgehead atoms. The zero-order chi connectivity index (χ0) is 23.0. The van der Waals surface area contributed by atoms with Crippen LogP contribution in [-0.2, 0) is 26.1 Å². The number of benzene rings is 3. The molecule has 4 aromatic rings. The molecule has 0 spiro atoms. The molecule has 0 saturated carbocycles. The van der Waals surface area contributed by atoms with E-state index in [0.29, 0.717) is 18.7 Å². The number of nitrogens with zero attached hydrogens (tertiary/aromatic N) is 2. The van der Waals surface area contributed by atoms with Gasteiger partial charge < -0.3 is 14.2 Å². The molecule has 0 unspecified atom stereocenters. The van der Waals surface area contributed by atoms with Crippen LogP contribution in [0.3, 0.4) is 0 Å². The number of carbonyl (C=O) groups is 1. The maximum Gasteiger partial charge on any atom is 0.254 e. The summed E-state index contributed by atoms with van der Waals surface area (Å²) in [4.78, 5) is 15.5. The lowest BCUT2D eigenvalue weighted by Gasteiger charge is -2.24. The molecule has 4 nitrogen and oxygen atoms in total. The van der Waals surface area contributed by atoms with Crippen molar-refractivity contribution in [2.24, 2.45) is 0 Å². The summed E-state index contributed by atoms with van der Waals surface area (Å²) in [6, 6.07) is 30.3. The van der Waals surface area contributed by atoms with Crippen molar-refractivity contribution < 1.29 is 9.53 Å². The van der Waals surface area contributed by atoms with Crippen LogP contribution in [-0.4, -0.2) is 22.5 Å². The highest BCUT2D eigenvalue weighted by Crippen LogP contribution is 2.18. The zero-order valence-corrected chi connectivity index (χ0v) is 19.3. The molecule has 0 saturated heterocycles. The van der Waals surface area contributed by atoms with Crippen molar-refractivity contribution in [1.29, 1.82) is 0 Å². The predicted octanol–water partition coefficient (Wildman–Crippen LogP) is 5.95. The molecule has 0 atom stereocenters. The molecule has 0 N–H and O–H groups in total. The molecule has 0 aliphatic heterocycles. The summed E-state index contributed by atoms with van der Waals surface area (Å²) in [5.41, 5.74) is 5.31. The summed E-state index contributed by atoms with van der Waals surface area (Å²) in [6.07, 6.45) is 3.02. The third-order valence-corrected chi connectivity index (χ3v) is 5.88. The van der Waals surface area contributed by atoms with Crippen LogP contribution in [0.25, 0.3) is 0 Å². The largest absolute Gasteiger partial charge is 0.497 e. The SMILES string of the molecule is CCc1ccc(C(=O)N(Cc2ccccc2)Cc2cccn2Cc2cccc(OC)c2)cc1. The first kappa shape index (κ1) is 22.4. The van der Waals surface area contributed by atoms with E-state index >= 15 is 0 Å². The molecule has 4 heteroatoms. The molecule has 1 aromatic heterocycles. The maximum absolute atomic E-state index is 13.5. The number of methoxy groups -OCH3 is 1. The third-order valence-electron chi connectivity index (χ3n) is 5.88. The highest BCUT2D eigenvalue weighted by Gasteiger charge is 2.18. The van der Waals surface area contributed by atoms with Gasteiger partial charge in [0.15, 0.2) is 0 Å². The van der Waals surface area contributed by atoms with E-state index in [-0.39, 0.29) is 5.91 Å². The van der Waals surface area contributed by atoms with Gasteiger partial charge in [-0.25, -0.2) is 0 Å². The van der Waals surface area contributed by atoms with Crippen LogP contribution in [0.1, 0.15) is 39.7 Å². The number of hydrogen-bond donors (Lipinski definition) is 0. The van der Waals surface area contributed by atoms with E-state index in [1.54, 1.807) is 7.11 Å². The second kappa shape index (κ2) is 10.7. The van der Waals surface area contributed by atoms with Crippen molar-refractivity contribution in [3.8, 4) is 5.75 Å². The molecule has 168 valence electrons. The van der Waals surface area contributed by atoms with Crippen LogP contribution in [0, 0.1) is 0 Å². The zero-order valence-electron chi connectivity index (χ0n) is 19.3. The fourth-order valence-corrected chi connectivity index (χ4v) is 3.98. The molecule has 33 heavy (non-hydrogen) atoms. The molecular weight excluding hydrogens is 408 g/mol. The van der Waals surface area contributed by atoms with Gasteiger partial charge in [0.1, 0.15) is 5.75 Å². The third kappa shape index (κ3) is 5.72. The van der Waals surface area contributed by atoms with Gasteiger partial charge in [0.05, 0.1) is 13.7 Å². The Morgan fingerprint density at radius 2 is 1.58 bits per heavy atom. The van der Waals surface area contributed by atoms with E-state index in [1.165, 1.54) is 5.56 Å². The van der Waals surface area contributed by atoms with E-state index in [1.807, 2.05) is 71.6 Å². The number of aryl methyl sites for hydroxylation is 1. The quantitative estimate of drug-likeness (QED) is 0.324. The van der Waals surface area contributed by atoms with Crippen LogP contribution in [0.5, 0.6) is 5.75 Å². The van der Waals surface area contributed by atoms with Gasteiger partial charge in [-0.15, -0.1) is 0 Å². The average Bonchev–Trinajstić information content (AvgIpc) is 3.30. The van der Waals surface area contributed by atoms with Gasteiger partial charge in [0.2, 0.25) is 0 Å². The minimum Gasteiger partial charge on any atom is -0.497 e. The second-order valence-electron chi connectivity index (χ2n) is 8.18. The molecule has 0 aliphatic carbocycles. The number of hydrogen-bond acceptors (Lipinski definition) is 2. The van der Waals surface area contributed by atoms with E-state index in [9.17, 15) is 4.79 Å². The molecule has 1 heterocycles. The Kier molecular flexibility index (Phi) is 7.26. The van der Waals surface area contributed by atoms with Gasteiger partial charge in [-0.1, -0.05) is 61.5 Å². The average molecular weight is 439 g/mol. The Labute approximate surface area is 196 Å². The van der Waals surface area contributed by atoms with Crippen molar-refractivity contribution >= 4 is 5.91 Å². The van der Waals surface area contributed by atoms with Gasteiger partial charge in [-0.3, -0.25) is 4.79 Å². The van der Waals surface area contributed by atoms with Gasteiger partial charge in [-0.2, -0.15) is 0 Å². The molecule has 0 fully saturated rings. The maximum atomic E-state index is 13.5. The van der Waals surface area contributed by atoms with Crippen LogP contribution >= 0.6 is 0 Å². The van der Waals surface area contributed by atoms with Gasteiger partial charge in [0.25, 0.3) is 5.91 Å². The summed E-state index contributed by atoms with van der Waals surface area (Å²) >= 11 is 0. The molecule has 0 radical (unpaired) electrons. The van der Waals surface area contributed by atoms with E-state index < -0.39 is 0 Å². The number of rotatable bonds is 9. The van der Waals surface area contributed by atoms with E-state index in [2.05, 4.69) is 42.0 Å². The Hall–Kier alpha value is -3.79. The summed E-state index contributed by atoms with van der Waals surface area (Å²) in [6.45, 7) is 3.92. The number of carbonyl (C=O) groups excluding carboxylic acids is 1. The van der Waals surface area contributed by atoms with Gasteiger partial charge >= 0.3 is 0 Å². The molecule has 4 rings (SSSR count). The number of ether oxygens (including phenoxy) is 1. The lowest BCUT2D eigenvalue weighted by molar-refractivity contribution is 0.0726. The first-order valence-electron chi connectivity index (χ1n) is 11.4. The van der Waals surface area contributed by atoms with Crippen molar-refractivity contribution in [3.63, 3.8) is 0 Å². The summed E-state index contributed by atoms with van der Waals surface area (Å²) in [5.74, 6) is 0.883. The fraction of sp³-hybridized carbons (Fsp3) is 0.207. The Bertz CT molecular complexity index is 1180. The van der Waals surface area contributed by atoms with Crippen LogP contribution in [0.4, 0.5) is 0 Å². The first-order chi connectivity index (χ1) is 16.2. The molecule has 1 amide bonds. The van der Waals surface area contributed by atoms with Crippen molar-refractivity contribution in [3.05, 3.63) is 125 Å². The second-order valence-corrected chi connectivity index (χ2v) is 8.18. The number of amides is 1. The Balaban J connectivity index is 1.58. The molecule has 3 aromatic carbocycles. The number of aromatic nitrogens is 1. The van der Waals surface area contributed by atoms with Crippen LogP contribution in [0.15, 0.2) is 97.2 Å². The van der Waals surface area contributed by atoms with Crippen molar-refractivity contribution in [1.82, 2.24) is 9.47 Å². The van der Waals surface area contributed by atoms with Gasteiger partial charge in [-0.05, 0) is 59.5 Å². The highest BCUT2D eigenvalue weighted by molar-refractivity contribution is 5.94. The standard InChI is InChI=1S/C29H30N2O2/c1-3-23-14-16-26(17-15-23)29(32)31(20-24-9-5-4-6-10-24)22-27-12-8-18-30(27)21-25-11-7-13-28(19-25)33-2/h4-19H,3,20-22H2,1-2H3. The normalized spacial score (nSPS) is 10.7. The van der Waals surface area contributed by atoms with Crippen LogP contribution < -0.4 is 4.74 Å². The summed E-state index contributed by atoms with van der Waals surface area (Å²) in [7, 11) is 1.68. The Morgan fingerprint density at radius 3 is 2.30 bits per heavy atom.